The Labute approximate surface area is 110 Å². The lowest BCUT2D eigenvalue weighted by atomic mass is 9.83. The number of nitrogens with two attached hydrogens (primary N) is 1. The summed E-state index contributed by atoms with van der Waals surface area (Å²) in [6.45, 7) is 5.66. The van der Waals surface area contributed by atoms with Crippen LogP contribution in [0.25, 0.3) is 0 Å². The number of ether oxygens (including phenoxy) is 1. The zero-order valence-electron chi connectivity index (χ0n) is 11.7. The molecule has 18 heavy (non-hydrogen) atoms. The van der Waals surface area contributed by atoms with E-state index in [4.69, 9.17) is 10.5 Å². The van der Waals surface area contributed by atoms with Crippen molar-refractivity contribution in [3.8, 4) is 0 Å². The molecule has 0 aromatic rings. The zero-order chi connectivity index (χ0) is 13.3. The maximum Gasteiger partial charge on any atom is 0.407 e. The molecule has 2 aliphatic carbocycles. The lowest BCUT2D eigenvalue weighted by Crippen LogP contribution is -2.41. The average molecular weight is 254 g/mol. The monoisotopic (exact) mass is 254 g/mol. The highest BCUT2D eigenvalue weighted by molar-refractivity contribution is 5.68. The fraction of sp³-hybridized carbons (Fsp3) is 0.929. The standard InChI is InChI=1S/C14H26N2O2/c1-14(2,3)18-13(17)16-10-6-4-9(5-7-10)11-8-12(11)15/h9-12H,4-8,15H2,1-3H3,(H,16,17). The molecular weight excluding hydrogens is 228 g/mol. The number of amides is 1. The summed E-state index contributed by atoms with van der Waals surface area (Å²) in [7, 11) is 0. The van der Waals surface area contributed by atoms with Crippen molar-refractivity contribution >= 4 is 6.09 Å². The molecule has 0 aromatic heterocycles. The van der Waals surface area contributed by atoms with Crippen LogP contribution in [0.15, 0.2) is 0 Å². The molecule has 4 nitrogen and oxygen atoms in total. The molecule has 104 valence electrons. The van der Waals surface area contributed by atoms with Gasteiger partial charge in [0.05, 0.1) is 0 Å². The second-order valence-electron chi connectivity index (χ2n) is 6.82. The van der Waals surface area contributed by atoms with Gasteiger partial charge in [0.2, 0.25) is 0 Å². The van der Waals surface area contributed by atoms with Crippen LogP contribution in [-0.2, 0) is 4.74 Å². The largest absolute Gasteiger partial charge is 0.444 e. The number of carbonyl (C=O) groups is 1. The third-order valence-corrected chi connectivity index (χ3v) is 3.99. The van der Waals surface area contributed by atoms with Crippen molar-refractivity contribution in [3.63, 3.8) is 0 Å². The SMILES string of the molecule is CC(C)(C)OC(=O)NC1CCC(C2CC2N)CC1. The van der Waals surface area contributed by atoms with Crippen LogP contribution in [-0.4, -0.2) is 23.8 Å². The quantitative estimate of drug-likeness (QED) is 0.795. The molecule has 2 fully saturated rings. The molecule has 0 aromatic carbocycles. The van der Waals surface area contributed by atoms with Gasteiger partial charge in [-0.15, -0.1) is 0 Å². The van der Waals surface area contributed by atoms with Gasteiger partial charge in [-0.2, -0.15) is 0 Å². The molecule has 4 heteroatoms. The van der Waals surface area contributed by atoms with E-state index in [0.29, 0.717) is 6.04 Å². The van der Waals surface area contributed by atoms with Crippen molar-refractivity contribution < 1.29 is 9.53 Å². The second kappa shape index (κ2) is 5.08. The van der Waals surface area contributed by atoms with Crippen molar-refractivity contribution in [1.82, 2.24) is 5.32 Å². The van der Waals surface area contributed by atoms with E-state index >= 15 is 0 Å². The molecule has 1 amide bonds. The summed E-state index contributed by atoms with van der Waals surface area (Å²) >= 11 is 0. The summed E-state index contributed by atoms with van der Waals surface area (Å²) in [6.07, 6.45) is 5.43. The third kappa shape index (κ3) is 3.87. The molecule has 2 saturated carbocycles. The number of hydrogen-bond donors (Lipinski definition) is 2. The van der Waals surface area contributed by atoms with Crippen molar-refractivity contribution in [2.75, 3.05) is 0 Å². The predicted molar refractivity (Wildman–Crippen MR) is 71.2 cm³/mol. The van der Waals surface area contributed by atoms with Gasteiger partial charge in [0.1, 0.15) is 5.60 Å². The Morgan fingerprint density at radius 3 is 2.22 bits per heavy atom. The molecule has 0 radical (unpaired) electrons. The molecule has 0 saturated heterocycles. The fourth-order valence-electron chi connectivity index (χ4n) is 2.94. The van der Waals surface area contributed by atoms with E-state index < -0.39 is 5.60 Å². The van der Waals surface area contributed by atoms with E-state index in [1.165, 1.54) is 19.3 Å². The van der Waals surface area contributed by atoms with Crippen LogP contribution >= 0.6 is 0 Å². The van der Waals surface area contributed by atoms with Gasteiger partial charge < -0.3 is 15.8 Å². The van der Waals surface area contributed by atoms with Crippen LogP contribution in [0, 0.1) is 11.8 Å². The first-order valence-electron chi connectivity index (χ1n) is 7.10. The smallest absolute Gasteiger partial charge is 0.407 e. The van der Waals surface area contributed by atoms with Gasteiger partial charge in [-0.25, -0.2) is 4.79 Å². The lowest BCUT2D eigenvalue weighted by Gasteiger charge is -2.30. The molecular formula is C14H26N2O2. The van der Waals surface area contributed by atoms with Crippen molar-refractivity contribution in [1.29, 1.82) is 0 Å². The van der Waals surface area contributed by atoms with E-state index in [1.54, 1.807) is 0 Å². The molecule has 3 N–H and O–H groups in total. The molecule has 2 unspecified atom stereocenters. The van der Waals surface area contributed by atoms with Crippen LogP contribution in [0.5, 0.6) is 0 Å². The van der Waals surface area contributed by atoms with Gasteiger partial charge >= 0.3 is 6.09 Å². The fourth-order valence-corrected chi connectivity index (χ4v) is 2.94. The minimum atomic E-state index is -0.415. The number of carbonyl (C=O) groups excluding carboxylic acids is 1. The normalized spacial score (nSPS) is 36.0. The minimum absolute atomic E-state index is 0.283. The van der Waals surface area contributed by atoms with E-state index in [1.807, 2.05) is 20.8 Å². The molecule has 2 atom stereocenters. The first-order chi connectivity index (χ1) is 8.35. The predicted octanol–water partition coefficient (Wildman–Crippen LogP) is 2.42. The molecule has 2 rings (SSSR count). The number of alkyl carbamates (subject to hydrolysis) is 1. The van der Waals surface area contributed by atoms with Gasteiger partial charge in [-0.05, 0) is 64.7 Å². The maximum atomic E-state index is 11.7. The average Bonchev–Trinajstić information content (AvgIpc) is 2.93. The molecule has 0 bridgehead atoms. The van der Waals surface area contributed by atoms with Crippen LogP contribution in [0.3, 0.4) is 0 Å². The van der Waals surface area contributed by atoms with E-state index in [2.05, 4.69) is 5.32 Å². The Morgan fingerprint density at radius 1 is 1.22 bits per heavy atom. The van der Waals surface area contributed by atoms with Gasteiger partial charge in [0.25, 0.3) is 0 Å². The van der Waals surface area contributed by atoms with E-state index in [0.717, 1.165) is 24.7 Å². The topological polar surface area (TPSA) is 64.3 Å². The van der Waals surface area contributed by atoms with Gasteiger partial charge in [-0.3, -0.25) is 0 Å². The van der Waals surface area contributed by atoms with Crippen molar-refractivity contribution in [3.05, 3.63) is 0 Å². The van der Waals surface area contributed by atoms with Gasteiger partial charge in [0, 0.05) is 12.1 Å². The van der Waals surface area contributed by atoms with E-state index in [-0.39, 0.29) is 12.1 Å². The zero-order valence-corrected chi connectivity index (χ0v) is 11.7. The van der Waals surface area contributed by atoms with Crippen molar-refractivity contribution in [2.45, 2.75) is 70.6 Å². The minimum Gasteiger partial charge on any atom is -0.444 e. The van der Waals surface area contributed by atoms with Crippen LogP contribution in [0.2, 0.25) is 0 Å². The van der Waals surface area contributed by atoms with Crippen LogP contribution in [0.1, 0.15) is 52.9 Å². The molecule has 0 spiro atoms. The Morgan fingerprint density at radius 2 is 1.78 bits per heavy atom. The van der Waals surface area contributed by atoms with E-state index in [9.17, 15) is 4.79 Å². The maximum absolute atomic E-state index is 11.7. The van der Waals surface area contributed by atoms with Gasteiger partial charge in [-0.1, -0.05) is 0 Å². The highest BCUT2D eigenvalue weighted by Gasteiger charge is 2.41. The first kappa shape index (κ1) is 13.7. The molecule has 2 aliphatic rings. The summed E-state index contributed by atoms with van der Waals surface area (Å²) in [5.74, 6) is 1.55. The van der Waals surface area contributed by atoms with Gasteiger partial charge in [0.15, 0.2) is 0 Å². The first-order valence-corrected chi connectivity index (χ1v) is 7.10. The second-order valence-corrected chi connectivity index (χ2v) is 6.82. The highest BCUT2D eigenvalue weighted by Crippen LogP contribution is 2.43. The summed E-state index contributed by atoms with van der Waals surface area (Å²) in [5, 5.41) is 2.97. The summed E-state index contributed by atoms with van der Waals surface area (Å²) in [4.78, 5) is 11.7. The van der Waals surface area contributed by atoms with Crippen molar-refractivity contribution in [2.24, 2.45) is 17.6 Å². The highest BCUT2D eigenvalue weighted by atomic mass is 16.6. The summed E-state index contributed by atoms with van der Waals surface area (Å²) in [5.41, 5.74) is 5.48. The molecule has 0 heterocycles. The summed E-state index contributed by atoms with van der Waals surface area (Å²) in [6, 6.07) is 0.733. The number of hydrogen-bond acceptors (Lipinski definition) is 3. The Bertz CT molecular complexity index is 303. The number of rotatable bonds is 2. The Balaban J connectivity index is 1.68. The lowest BCUT2D eigenvalue weighted by molar-refractivity contribution is 0.0485. The summed E-state index contributed by atoms with van der Waals surface area (Å²) < 4.78 is 5.27. The third-order valence-electron chi connectivity index (χ3n) is 3.99. The van der Waals surface area contributed by atoms with Crippen LogP contribution < -0.4 is 11.1 Å². The Hall–Kier alpha value is -0.770. The molecule has 0 aliphatic heterocycles. The van der Waals surface area contributed by atoms with Crippen LogP contribution in [0.4, 0.5) is 4.79 Å². The Kier molecular flexibility index (Phi) is 3.85. The number of nitrogens with one attached hydrogen (secondary N) is 1.